The summed E-state index contributed by atoms with van der Waals surface area (Å²) in [6.07, 6.45) is 0.512. The second kappa shape index (κ2) is 8.62. The number of rotatable bonds is 5. The molecule has 2 aromatic rings. The van der Waals surface area contributed by atoms with E-state index in [2.05, 4.69) is 5.10 Å². The number of amides is 1. The van der Waals surface area contributed by atoms with Gasteiger partial charge >= 0.3 is 0 Å². The maximum absolute atomic E-state index is 13.7. The van der Waals surface area contributed by atoms with Gasteiger partial charge in [-0.15, -0.1) is 0 Å². The largest absolute Gasteiger partial charge is 0.319 e. The van der Waals surface area contributed by atoms with Gasteiger partial charge in [0.2, 0.25) is 15.8 Å². The van der Waals surface area contributed by atoms with Crippen LogP contribution in [-0.4, -0.2) is 76.3 Å². The normalized spacial score (nSPS) is 22.2. The first-order valence-electron chi connectivity index (χ1n) is 10.8. The van der Waals surface area contributed by atoms with Crippen LogP contribution in [-0.2, 0) is 33.2 Å². The lowest BCUT2D eigenvalue weighted by Gasteiger charge is -2.51. The Bertz CT molecular complexity index is 1190. The zero-order valence-electron chi connectivity index (χ0n) is 19.2. The Hall–Kier alpha value is -2.63. The third-order valence-electron chi connectivity index (χ3n) is 6.63. The average Bonchev–Trinajstić information content (AvgIpc) is 3.04. The van der Waals surface area contributed by atoms with E-state index in [4.69, 9.17) is 0 Å². The first kappa shape index (κ1) is 23.5. The van der Waals surface area contributed by atoms with Crippen LogP contribution in [0.25, 0.3) is 0 Å². The molecule has 2 unspecified atom stereocenters. The van der Waals surface area contributed by atoms with Crippen LogP contribution in [0.5, 0.6) is 0 Å². The Morgan fingerprint density at radius 2 is 1.85 bits per heavy atom. The molecular weight excluding hydrogens is 449 g/mol. The summed E-state index contributed by atoms with van der Waals surface area (Å²) < 4.78 is 43.5. The van der Waals surface area contributed by atoms with E-state index in [0.29, 0.717) is 30.8 Å². The molecule has 33 heavy (non-hydrogen) atoms. The van der Waals surface area contributed by atoms with E-state index in [1.165, 1.54) is 33.1 Å². The number of Topliss-reactive ketones (excluding diaryl/α,β-unsaturated/α-hetero) is 1. The van der Waals surface area contributed by atoms with Crippen molar-refractivity contribution in [1.29, 1.82) is 0 Å². The standard InChI is InChI=1S/C22H28FN5O4S/c1-14-20(15(2)25(3)24-14)33(31,32)26(4)18-6-5-11-28-21(18)27(13-19(29)22(28)30)12-16-7-9-17(23)10-8-16/h7-10,18,21H,5-6,11-13H2,1-4H3. The number of aryl methyl sites for hydroxylation is 2. The third kappa shape index (κ3) is 4.09. The Labute approximate surface area is 192 Å². The number of sulfonamides is 1. The first-order chi connectivity index (χ1) is 15.5. The molecule has 2 saturated heterocycles. The number of benzene rings is 1. The van der Waals surface area contributed by atoms with E-state index in [9.17, 15) is 22.4 Å². The molecule has 0 bridgehead atoms. The molecule has 0 spiro atoms. The smallest absolute Gasteiger partial charge is 0.292 e. The molecule has 2 fully saturated rings. The van der Waals surface area contributed by atoms with Gasteiger partial charge in [-0.2, -0.15) is 9.40 Å². The number of halogens is 1. The van der Waals surface area contributed by atoms with Gasteiger partial charge in [0.1, 0.15) is 16.9 Å². The summed E-state index contributed by atoms with van der Waals surface area (Å²) in [6, 6.07) is 5.38. The fraction of sp³-hybridized carbons (Fsp3) is 0.500. The molecule has 2 atom stereocenters. The Kier molecular flexibility index (Phi) is 6.14. The van der Waals surface area contributed by atoms with Gasteiger partial charge < -0.3 is 4.90 Å². The zero-order valence-corrected chi connectivity index (χ0v) is 20.0. The zero-order chi connectivity index (χ0) is 24.1. The molecule has 0 radical (unpaired) electrons. The maximum atomic E-state index is 13.7. The highest BCUT2D eigenvalue weighted by molar-refractivity contribution is 7.89. The number of carbonyl (C=O) groups is 2. The van der Waals surface area contributed by atoms with Crippen molar-refractivity contribution in [1.82, 2.24) is 23.9 Å². The molecule has 11 heteroatoms. The number of aromatic nitrogens is 2. The van der Waals surface area contributed by atoms with Gasteiger partial charge in [0, 0.05) is 27.2 Å². The summed E-state index contributed by atoms with van der Waals surface area (Å²) >= 11 is 0. The van der Waals surface area contributed by atoms with Crippen LogP contribution in [0.2, 0.25) is 0 Å². The number of carbonyl (C=O) groups excluding carboxylic acids is 2. The van der Waals surface area contributed by atoms with Crippen LogP contribution in [0, 0.1) is 19.7 Å². The number of likely N-dealkylation sites (N-methyl/N-ethyl adjacent to an activating group) is 1. The number of fused-ring (bicyclic) bond motifs is 1. The monoisotopic (exact) mass is 477 g/mol. The minimum absolute atomic E-state index is 0.118. The average molecular weight is 478 g/mol. The van der Waals surface area contributed by atoms with Crippen LogP contribution in [0.4, 0.5) is 4.39 Å². The summed E-state index contributed by atoms with van der Waals surface area (Å²) in [6.45, 7) is 3.91. The highest BCUT2D eigenvalue weighted by Gasteiger charge is 2.48. The van der Waals surface area contributed by atoms with E-state index in [-0.39, 0.29) is 23.8 Å². The SMILES string of the molecule is Cc1nn(C)c(C)c1S(=O)(=O)N(C)C1CCCN2C(=O)C(=O)CN(Cc3ccc(F)cc3)C12. The topological polar surface area (TPSA) is 95.8 Å². The molecule has 9 nitrogen and oxygen atoms in total. The van der Waals surface area contributed by atoms with Gasteiger partial charge in [-0.25, -0.2) is 12.8 Å². The van der Waals surface area contributed by atoms with E-state index in [1.807, 2.05) is 4.90 Å². The minimum Gasteiger partial charge on any atom is -0.319 e. The van der Waals surface area contributed by atoms with Gasteiger partial charge in [0.05, 0.1) is 24.0 Å². The van der Waals surface area contributed by atoms with Crippen molar-refractivity contribution in [3.63, 3.8) is 0 Å². The molecule has 1 aromatic carbocycles. The van der Waals surface area contributed by atoms with Gasteiger partial charge in [0.25, 0.3) is 5.91 Å². The van der Waals surface area contributed by atoms with Crippen LogP contribution < -0.4 is 0 Å². The summed E-state index contributed by atoms with van der Waals surface area (Å²) in [4.78, 5) is 28.6. The number of piperidine rings is 1. The highest BCUT2D eigenvalue weighted by Crippen LogP contribution is 2.33. The Morgan fingerprint density at radius 1 is 1.18 bits per heavy atom. The third-order valence-corrected chi connectivity index (χ3v) is 8.76. The molecule has 2 aliphatic heterocycles. The second-order valence-corrected chi connectivity index (χ2v) is 10.7. The quantitative estimate of drug-likeness (QED) is 0.601. The minimum atomic E-state index is -3.91. The second-order valence-electron chi connectivity index (χ2n) is 8.72. The molecule has 0 aliphatic carbocycles. The van der Waals surface area contributed by atoms with Gasteiger partial charge in [-0.05, 0) is 44.4 Å². The molecular formula is C22H28FN5O4S. The van der Waals surface area contributed by atoms with Crippen molar-refractivity contribution in [3.05, 3.63) is 47.0 Å². The summed E-state index contributed by atoms with van der Waals surface area (Å²) in [5, 5.41) is 4.25. The lowest BCUT2D eigenvalue weighted by Crippen LogP contribution is -2.69. The van der Waals surface area contributed by atoms with Crippen LogP contribution in [0.3, 0.4) is 0 Å². The van der Waals surface area contributed by atoms with E-state index in [1.54, 1.807) is 33.0 Å². The van der Waals surface area contributed by atoms with E-state index >= 15 is 0 Å². The number of hydrogen-bond donors (Lipinski definition) is 0. The van der Waals surface area contributed by atoms with Crippen molar-refractivity contribution < 1.29 is 22.4 Å². The van der Waals surface area contributed by atoms with Crippen molar-refractivity contribution in [2.24, 2.45) is 7.05 Å². The van der Waals surface area contributed by atoms with Crippen molar-refractivity contribution in [2.45, 2.75) is 50.3 Å². The Morgan fingerprint density at radius 3 is 2.45 bits per heavy atom. The molecule has 0 saturated carbocycles. The number of nitrogens with zero attached hydrogens (tertiary/aromatic N) is 5. The van der Waals surface area contributed by atoms with Crippen LogP contribution >= 0.6 is 0 Å². The molecule has 0 N–H and O–H groups in total. The van der Waals surface area contributed by atoms with E-state index in [0.717, 1.165) is 5.56 Å². The fourth-order valence-electron chi connectivity index (χ4n) is 4.92. The predicted molar refractivity (Wildman–Crippen MR) is 118 cm³/mol. The lowest BCUT2D eigenvalue weighted by molar-refractivity contribution is -0.162. The summed E-state index contributed by atoms with van der Waals surface area (Å²) in [5.74, 6) is -1.48. The highest BCUT2D eigenvalue weighted by atomic mass is 32.2. The van der Waals surface area contributed by atoms with Crippen molar-refractivity contribution in [3.8, 4) is 0 Å². The van der Waals surface area contributed by atoms with Gasteiger partial charge in [0.15, 0.2) is 0 Å². The predicted octanol–water partition coefficient (Wildman–Crippen LogP) is 1.20. The number of ketones is 1. The molecule has 1 amide bonds. The van der Waals surface area contributed by atoms with Crippen LogP contribution in [0.1, 0.15) is 29.8 Å². The molecule has 1 aromatic heterocycles. The number of hydrogen-bond acceptors (Lipinski definition) is 6. The fourth-order valence-corrected chi connectivity index (χ4v) is 6.70. The molecule has 3 heterocycles. The molecule has 4 rings (SSSR count). The van der Waals surface area contributed by atoms with Gasteiger partial charge in [-0.3, -0.25) is 19.2 Å². The van der Waals surface area contributed by atoms with Gasteiger partial charge in [-0.1, -0.05) is 12.1 Å². The molecule has 178 valence electrons. The van der Waals surface area contributed by atoms with Crippen molar-refractivity contribution >= 4 is 21.7 Å². The lowest BCUT2D eigenvalue weighted by atomic mass is 9.96. The summed E-state index contributed by atoms with van der Waals surface area (Å²) in [7, 11) is -0.698. The van der Waals surface area contributed by atoms with E-state index < -0.39 is 33.9 Å². The van der Waals surface area contributed by atoms with Crippen molar-refractivity contribution in [2.75, 3.05) is 20.1 Å². The molecule has 2 aliphatic rings. The maximum Gasteiger partial charge on any atom is 0.292 e. The summed E-state index contributed by atoms with van der Waals surface area (Å²) in [5.41, 5.74) is 1.71. The Balaban J connectivity index is 1.71. The first-order valence-corrected chi connectivity index (χ1v) is 12.3. The van der Waals surface area contributed by atoms with Crippen LogP contribution in [0.15, 0.2) is 29.2 Å².